The van der Waals surface area contributed by atoms with Crippen molar-refractivity contribution in [3.8, 4) is 0 Å². The van der Waals surface area contributed by atoms with Crippen molar-refractivity contribution in [2.24, 2.45) is 5.92 Å². The van der Waals surface area contributed by atoms with Crippen LogP contribution in [0.15, 0.2) is 30.3 Å². The highest BCUT2D eigenvalue weighted by atomic mass is 32.2. The number of hydrogen-bond acceptors (Lipinski definition) is 3. The standard InChI is InChI=1S/C15H21NO4S/c17-15(18)14(13-9-5-2-6-10-13)16-21(19,20)11-12-7-3-1-4-8-12/h2,5-6,9-10,12,14,16H,1,3-4,7-8,11H2,(H,17,18)/t14-/m1/s1. The van der Waals surface area contributed by atoms with Crippen molar-refractivity contribution in [3.05, 3.63) is 35.9 Å². The van der Waals surface area contributed by atoms with Gasteiger partial charge >= 0.3 is 5.97 Å². The summed E-state index contributed by atoms with van der Waals surface area (Å²) in [5.74, 6) is -1.03. The molecule has 0 aromatic heterocycles. The molecule has 21 heavy (non-hydrogen) atoms. The van der Waals surface area contributed by atoms with Gasteiger partial charge in [0.2, 0.25) is 10.0 Å². The van der Waals surface area contributed by atoms with Crippen LogP contribution in [-0.4, -0.2) is 25.2 Å². The molecule has 0 radical (unpaired) electrons. The monoisotopic (exact) mass is 311 g/mol. The van der Waals surface area contributed by atoms with E-state index in [-0.39, 0.29) is 11.7 Å². The minimum absolute atomic E-state index is 0.0175. The molecule has 116 valence electrons. The SMILES string of the molecule is O=C(O)[C@H](NS(=O)(=O)CC1CCCCC1)c1ccccc1. The number of carbonyl (C=O) groups is 1. The normalized spacial score (nSPS) is 18.3. The lowest BCUT2D eigenvalue weighted by Gasteiger charge is -2.22. The summed E-state index contributed by atoms with van der Waals surface area (Å²) in [4.78, 5) is 11.3. The zero-order chi connectivity index (χ0) is 15.3. The first kappa shape index (κ1) is 16.0. The molecule has 2 N–H and O–H groups in total. The molecule has 1 fully saturated rings. The van der Waals surface area contributed by atoms with Gasteiger partial charge in [0.25, 0.3) is 0 Å². The average molecular weight is 311 g/mol. The smallest absolute Gasteiger partial charge is 0.326 e. The third-order valence-electron chi connectivity index (χ3n) is 3.86. The van der Waals surface area contributed by atoms with Crippen LogP contribution in [0.3, 0.4) is 0 Å². The Morgan fingerprint density at radius 3 is 2.38 bits per heavy atom. The van der Waals surface area contributed by atoms with Gasteiger partial charge in [-0.1, -0.05) is 49.6 Å². The molecule has 1 aliphatic rings. The Hall–Kier alpha value is -1.40. The lowest BCUT2D eigenvalue weighted by Crippen LogP contribution is -2.37. The van der Waals surface area contributed by atoms with E-state index in [2.05, 4.69) is 4.72 Å². The van der Waals surface area contributed by atoms with Crippen molar-refractivity contribution >= 4 is 16.0 Å². The van der Waals surface area contributed by atoms with E-state index in [9.17, 15) is 18.3 Å². The van der Waals surface area contributed by atoms with Crippen molar-refractivity contribution in [2.45, 2.75) is 38.1 Å². The van der Waals surface area contributed by atoms with E-state index in [0.29, 0.717) is 5.56 Å². The molecule has 0 saturated heterocycles. The van der Waals surface area contributed by atoms with Crippen LogP contribution in [0.1, 0.15) is 43.7 Å². The van der Waals surface area contributed by atoms with E-state index in [1.807, 2.05) is 0 Å². The first-order chi connectivity index (χ1) is 9.98. The van der Waals surface area contributed by atoms with E-state index in [1.165, 1.54) is 0 Å². The number of aliphatic carboxylic acids is 1. The Labute approximate surface area is 125 Å². The second-order valence-corrected chi connectivity index (χ2v) is 7.38. The molecule has 2 rings (SSSR count). The molecular weight excluding hydrogens is 290 g/mol. The molecule has 0 spiro atoms. The van der Waals surface area contributed by atoms with Crippen molar-refractivity contribution < 1.29 is 18.3 Å². The zero-order valence-electron chi connectivity index (χ0n) is 11.9. The van der Waals surface area contributed by atoms with Gasteiger partial charge in [0.1, 0.15) is 6.04 Å². The molecule has 1 atom stereocenters. The second kappa shape index (κ2) is 7.04. The summed E-state index contributed by atoms with van der Waals surface area (Å²) < 4.78 is 26.8. The van der Waals surface area contributed by atoms with Gasteiger partial charge in [0.15, 0.2) is 0 Å². The molecular formula is C15H21NO4S. The molecule has 0 unspecified atom stereocenters. The topological polar surface area (TPSA) is 83.5 Å². The summed E-state index contributed by atoms with van der Waals surface area (Å²) in [6.07, 6.45) is 5.09. The van der Waals surface area contributed by atoms with Crippen LogP contribution >= 0.6 is 0 Å². The minimum Gasteiger partial charge on any atom is -0.480 e. The molecule has 0 aliphatic heterocycles. The molecule has 6 heteroatoms. The fourth-order valence-electron chi connectivity index (χ4n) is 2.80. The van der Waals surface area contributed by atoms with E-state index < -0.39 is 22.0 Å². The Morgan fingerprint density at radius 1 is 1.19 bits per heavy atom. The van der Waals surface area contributed by atoms with Gasteiger partial charge < -0.3 is 5.11 Å². The molecule has 1 aromatic rings. The maximum absolute atomic E-state index is 12.2. The highest BCUT2D eigenvalue weighted by molar-refractivity contribution is 7.89. The van der Waals surface area contributed by atoms with Crippen LogP contribution in [0.5, 0.6) is 0 Å². The predicted molar refractivity (Wildman–Crippen MR) is 80.3 cm³/mol. The van der Waals surface area contributed by atoms with Gasteiger partial charge in [-0.2, -0.15) is 4.72 Å². The summed E-state index contributed by atoms with van der Waals surface area (Å²) in [6, 6.07) is 7.16. The van der Waals surface area contributed by atoms with Gasteiger partial charge in [-0.05, 0) is 24.3 Å². The predicted octanol–water partition coefficient (Wildman–Crippen LogP) is 2.31. The maximum atomic E-state index is 12.2. The fourth-order valence-corrected chi connectivity index (χ4v) is 4.44. The molecule has 1 aromatic carbocycles. The molecule has 0 bridgehead atoms. The Balaban J connectivity index is 2.07. The summed E-state index contributed by atoms with van der Waals surface area (Å²) in [5, 5.41) is 9.27. The molecule has 5 nitrogen and oxygen atoms in total. The van der Waals surface area contributed by atoms with Crippen molar-refractivity contribution in [1.29, 1.82) is 0 Å². The zero-order valence-corrected chi connectivity index (χ0v) is 12.7. The summed E-state index contributed by atoms with van der Waals surface area (Å²) >= 11 is 0. The number of carboxylic acid groups (broad SMARTS) is 1. The third-order valence-corrected chi connectivity index (χ3v) is 5.36. The maximum Gasteiger partial charge on any atom is 0.326 e. The van der Waals surface area contributed by atoms with E-state index in [4.69, 9.17) is 0 Å². The quantitative estimate of drug-likeness (QED) is 0.844. The van der Waals surface area contributed by atoms with Crippen molar-refractivity contribution in [2.75, 3.05) is 5.75 Å². The summed E-state index contributed by atoms with van der Waals surface area (Å²) in [7, 11) is -3.60. The number of hydrogen-bond donors (Lipinski definition) is 2. The Kier molecular flexibility index (Phi) is 5.36. The van der Waals surface area contributed by atoms with Gasteiger partial charge in [-0.15, -0.1) is 0 Å². The number of sulfonamides is 1. The Morgan fingerprint density at radius 2 is 1.81 bits per heavy atom. The Bertz CT molecular complexity index is 565. The van der Waals surface area contributed by atoms with E-state index >= 15 is 0 Å². The molecule has 0 heterocycles. The minimum atomic E-state index is -3.60. The first-order valence-electron chi connectivity index (χ1n) is 7.26. The molecule has 1 aliphatic carbocycles. The van der Waals surface area contributed by atoms with Crippen LogP contribution in [-0.2, 0) is 14.8 Å². The van der Waals surface area contributed by atoms with Crippen molar-refractivity contribution in [1.82, 2.24) is 4.72 Å². The van der Waals surface area contributed by atoms with Crippen LogP contribution < -0.4 is 4.72 Å². The first-order valence-corrected chi connectivity index (χ1v) is 8.91. The summed E-state index contributed by atoms with van der Waals surface area (Å²) in [6.45, 7) is 0. The second-order valence-electron chi connectivity index (χ2n) is 5.59. The van der Waals surface area contributed by atoms with Crippen LogP contribution in [0.4, 0.5) is 0 Å². The molecule has 1 saturated carbocycles. The van der Waals surface area contributed by atoms with Crippen LogP contribution in [0, 0.1) is 5.92 Å². The third kappa shape index (κ3) is 4.82. The van der Waals surface area contributed by atoms with Gasteiger partial charge in [0, 0.05) is 0 Å². The van der Waals surface area contributed by atoms with E-state index in [1.54, 1.807) is 30.3 Å². The number of nitrogens with one attached hydrogen (secondary N) is 1. The van der Waals surface area contributed by atoms with Gasteiger partial charge in [0.05, 0.1) is 5.75 Å². The number of benzene rings is 1. The molecule has 0 amide bonds. The van der Waals surface area contributed by atoms with E-state index in [0.717, 1.165) is 32.1 Å². The average Bonchev–Trinajstić information content (AvgIpc) is 2.46. The van der Waals surface area contributed by atoms with Crippen LogP contribution in [0.2, 0.25) is 0 Å². The number of carboxylic acids is 1. The highest BCUT2D eigenvalue weighted by Crippen LogP contribution is 2.25. The lowest BCUT2D eigenvalue weighted by atomic mass is 9.91. The highest BCUT2D eigenvalue weighted by Gasteiger charge is 2.28. The lowest BCUT2D eigenvalue weighted by molar-refractivity contribution is -0.139. The fraction of sp³-hybridized carbons (Fsp3) is 0.533. The summed E-state index contributed by atoms with van der Waals surface area (Å²) in [5.41, 5.74) is 0.442. The number of rotatable bonds is 6. The van der Waals surface area contributed by atoms with Crippen molar-refractivity contribution in [3.63, 3.8) is 0 Å². The largest absolute Gasteiger partial charge is 0.480 e. The van der Waals surface area contributed by atoms with Gasteiger partial charge in [-0.25, -0.2) is 8.42 Å². The van der Waals surface area contributed by atoms with Gasteiger partial charge in [-0.3, -0.25) is 4.79 Å². The van der Waals surface area contributed by atoms with Crippen LogP contribution in [0.25, 0.3) is 0 Å².